The van der Waals surface area contributed by atoms with Gasteiger partial charge >= 0.3 is 0 Å². The van der Waals surface area contributed by atoms with Gasteiger partial charge in [-0.25, -0.2) is 0 Å². The van der Waals surface area contributed by atoms with Gasteiger partial charge in [-0.15, -0.1) is 0 Å². The average molecular weight is 424 g/mol. The van der Waals surface area contributed by atoms with Crippen LogP contribution in [0.5, 0.6) is 0 Å². The lowest BCUT2D eigenvalue weighted by molar-refractivity contribution is -0.113. The second-order valence-electron chi connectivity index (χ2n) is 8.38. The van der Waals surface area contributed by atoms with Crippen LogP contribution in [0.2, 0.25) is 0 Å². The van der Waals surface area contributed by atoms with Crippen LogP contribution in [0.15, 0.2) is 64.0 Å². The Balaban J connectivity index is 1.52. The predicted molar refractivity (Wildman–Crippen MR) is 124 cm³/mol. The summed E-state index contributed by atoms with van der Waals surface area (Å²) in [5.74, 6) is -0.0302. The summed E-state index contributed by atoms with van der Waals surface area (Å²) in [4.78, 5) is 22.0. The van der Waals surface area contributed by atoms with Crippen LogP contribution in [0, 0.1) is 6.92 Å². The minimum Gasteiger partial charge on any atom is -0.373 e. The molecule has 2 unspecified atom stereocenters. The van der Waals surface area contributed by atoms with Crippen molar-refractivity contribution in [1.82, 2.24) is 9.80 Å². The molecule has 1 amide bonds. The smallest absolute Gasteiger partial charge is 0.286 e. The van der Waals surface area contributed by atoms with Crippen molar-refractivity contribution < 1.29 is 9.53 Å². The first-order valence-corrected chi connectivity index (χ1v) is 11.2. The number of piperazine rings is 1. The van der Waals surface area contributed by atoms with E-state index in [0.717, 1.165) is 36.9 Å². The highest BCUT2D eigenvalue weighted by atomic mass is 32.2. The Hall–Kier alpha value is -2.15. The Bertz CT molecular complexity index is 940. The second-order valence-corrected chi connectivity index (χ2v) is 9.39. The lowest BCUT2D eigenvalue weighted by atomic mass is 9.78. The molecule has 0 bridgehead atoms. The topological polar surface area (TPSA) is 45.1 Å². The Labute approximate surface area is 183 Å². The fraction of sp³-hybridized carbons (Fsp3) is 0.417. The molecule has 0 aromatic heterocycles. The van der Waals surface area contributed by atoms with Gasteiger partial charge in [-0.2, -0.15) is 4.99 Å². The van der Waals surface area contributed by atoms with Crippen LogP contribution >= 0.6 is 11.8 Å². The number of carbonyl (C=O) groups excluding carboxylic acids is 1. The molecule has 0 saturated carbocycles. The van der Waals surface area contributed by atoms with Crippen molar-refractivity contribution in [3.8, 4) is 0 Å². The molecule has 1 aromatic rings. The van der Waals surface area contributed by atoms with E-state index in [2.05, 4.69) is 78.2 Å². The van der Waals surface area contributed by atoms with Crippen LogP contribution in [0.25, 0.3) is 0 Å². The molecular weight excluding hydrogens is 394 g/mol. The van der Waals surface area contributed by atoms with E-state index in [1.807, 2.05) is 6.08 Å². The van der Waals surface area contributed by atoms with Gasteiger partial charge in [0.1, 0.15) is 0 Å². The number of benzene rings is 1. The standard InChI is InChI=1S/C24H29N3O2S/c1-17-5-8-19(9-6-17)20-10-7-18(16-24(20,2)29-4)15-21-22(28)25-23(30-21)27-13-11-26(3)12-14-27/h5-10,15-16,20H,11-14H2,1-4H3/b21-15+. The molecular formula is C24H29N3O2S. The molecule has 1 aromatic carbocycles. The maximum atomic E-state index is 12.5. The van der Waals surface area contributed by atoms with Crippen LogP contribution in [0.1, 0.15) is 24.0 Å². The lowest BCUT2D eigenvalue weighted by Crippen LogP contribution is -2.46. The van der Waals surface area contributed by atoms with Gasteiger partial charge < -0.3 is 14.5 Å². The molecule has 30 heavy (non-hydrogen) atoms. The molecule has 5 nitrogen and oxygen atoms in total. The molecule has 6 heteroatoms. The van der Waals surface area contributed by atoms with Crippen molar-refractivity contribution in [3.05, 3.63) is 70.2 Å². The monoisotopic (exact) mass is 423 g/mol. The van der Waals surface area contributed by atoms with Gasteiger partial charge in [-0.3, -0.25) is 4.79 Å². The number of thioether (sulfide) groups is 1. The molecule has 2 atom stereocenters. The zero-order valence-electron chi connectivity index (χ0n) is 18.1. The summed E-state index contributed by atoms with van der Waals surface area (Å²) in [7, 11) is 3.86. The number of nitrogens with zero attached hydrogens (tertiary/aromatic N) is 3. The van der Waals surface area contributed by atoms with E-state index in [4.69, 9.17) is 4.74 Å². The molecule has 0 N–H and O–H groups in total. The molecule has 1 saturated heterocycles. The van der Waals surface area contributed by atoms with Crippen molar-refractivity contribution in [2.24, 2.45) is 4.99 Å². The summed E-state index contributed by atoms with van der Waals surface area (Å²) in [6.45, 7) is 7.99. The minimum atomic E-state index is -0.482. The first-order valence-electron chi connectivity index (χ1n) is 10.4. The van der Waals surface area contributed by atoms with Crippen LogP contribution in [-0.2, 0) is 9.53 Å². The molecule has 1 fully saturated rings. The van der Waals surface area contributed by atoms with Gasteiger partial charge in [0, 0.05) is 39.2 Å². The highest BCUT2D eigenvalue weighted by Gasteiger charge is 2.35. The Morgan fingerprint density at radius 3 is 2.57 bits per heavy atom. The van der Waals surface area contributed by atoms with E-state index in [-0.39, 0.29) is 11.8 Å². The minimum absolute atomic E-state index is 0.120. The third kappa shape index (κ3) is 4.31. The van der Waals surface area contributed by atoms with Crippen molar-refractivity contribution in [2.75, 3.05) is 40.3 Å². The zero-order valence-corrected chi connectivity index (χ0v) is 18.9. The van der Waals surface area contributed by atoms with E-state index in [0.29, 0.717) is 4.91 Å². The summed E-state index contributed by atoms with van der Waals surface area (Å²) in [6.07, 6.45) is 8.32. The Morgan fingerprint density at radius 2 is 1.90 bits per heavy atom. The molecule has 0 radical (unpaired) electrons. The van der Waals surface area contributed by atoms with Gasteiger partial charge in [0.05, 0.1) is 10.5 Å². The molecule has 2 heterocycles. The zero-order chi connectivity index (χ0) is 21.3. The summed E-state index contributed by atoms with van der Waals surface area (Å²) in [5.41, 5.74) is 2.96. The quantitative estimate of drug-likeness (QED) is 0.693. The van der Waals surface area contributed by atoms with E-state index >= 15 is 0 Å². The fourth-order valence-corrected chi connectivity index (χ4v) is 5.01. The maximum Gasteiger partial charge on any atom is 0.286 e. The number of amides is 1. The molecule has 3 aliphatic rings. The van der Waals surface area contributed by atoms with Crippen LogP contribution in [0.3, 0.4) is 0 Å². The number of carbonyl (C=O) groups is 1. The third-order valence-electron chi connectivity index (χ3n) is 6.11. The maximum absolute atomic E-state index is 12.5. The largest absolute Gasteiger partial charge is 0.373 e. The SMILES string of the molecule is COC1(C)C=C(/C=C2/SC(N3CCN(C)CC3)=NC2=O)C=CC1c1ccc(C)cc1. The third-order valence-corrected chi connectivity index (χ3v) is 7.15. The van der Waals surface area contributed by atoms with Crippen LogP contribution in [-0.4, -0.2) is 66.8 Å². The number of likely N-dealkylation sites (N-methyl/N-ethyl adjacent to an activating group) is 1. The number of aryl methyl sites for hydroxylation is 1. The molecule has 4 rings (SSSR count). The van der Waals surface area contributed by atoms with Gasteiger partial charge in [-0.05, 0) is 55.9 Å². The highest BCUT2D eigenvalue weighted by molar-refractivity contribution is 8.18. The number of methoxy groups -OCH3 is 1. The number of hydrogen-bond acceptors (Lipinski definition) is 5. The van der Waals surface area contributed by atoms with Gasteiger partial charge in [-0.1, -0.05) is 42.0 Å². The second kappa shape index (κ2) is 8.53. The number of allylic oxidation sites excluding steroid dienone is 3. The van der Waals surface area contributed by atoms with Gasteiger partial charge in [0.25, 0.3) is 5.91 Å². The Morgan fingerprint density at radius 1 is 1.20 bits per heavy atom. The summed E-state index contributed by atoms with van der Waals surface area (Å²) in [5, 5.41) is 0.826. The van der Waals surface area contributed by atoms with Crippen molar-refractivity contribution in [3.63, 3.8) is 0 Å². The summed E-state index contributed by atoms with van der Waals surface area (Å²) >= 11 is 1.48. The van der Waals surface area contributed by atoms with Crippen LogP contribution in [0.4, 0.5) is 0 Å². The molecule has 0 spiro atoms. The molecule has 2 aliphatic heterocycles. The fourth-order valence-electron chi connectivity index (χ4n) is 4.04. The number of hydrogen-bond donors (Lipinski definition) is 0. The Kier molecular flexibility index (Phi) is 6.00. The normalized spacial score (nSPS) is 28.8. The van der Waals surface area contributed by atoms with Gasteiger partial charge in [0.15, 0.2) is 5.17 Å². The van der Waals surface area contributed by atoms with E-state index < -0.39 is 5.60 Å². The number of rotatable bonds is 3. The van der Waals surface area contributed by atoms with E-state index in [9.17, 15) is 4.79 Å². The number of amidine groups is 1. The number of ether oxygens (including phenoxy) is 1. The number of aliphatic imine (C=N–C) groups is 1. The average Bonchev–Trinajstić information content (AvgIpc) is 3.10. The van der Waals surface area contributed by atoms with Crippen LogP contribution < -0.4 is 0 Å². The summed E-state index contributed by atoms with van der Waals surface area (Å²) in [6, 6.07) is 8.58. The summed E-state index contributed by atoms with van der Waals surface area (Å²) < 4.78 is 5.93. The highest BCUT2D eigenvalue weighted by Crippen LogP contribution is 2.39. The first kappa shape index (κ1) is 21.1. The first-order chi connectivity index (χ1) is 14.4. The van der Waals surface area contributed by atoms with E-state index in [1.165, 1.54) is 22.9 Å². The lowest BCUT2D eigenvalue weighted by Gasteiger charge is -2.35. The van der Waals surface area contributed by atoms with E-state index in [1.54, 1.807) is 7.11 Å². The predicted octanol–water partition coefficient (Wildman–Crippen LogP) is 3.74. The molecule has 1 aliphatic carbocycles. The van der Waals surface area contributed by atoms with Crippen molar-refractivity contribution >= 4 is 22.8 Å². The van der Waals surface area contributed by atoms with Gasteiger partial charge in [0.2, 0.25) is 0 Å². The molecule has 158 valence electrons. The van der Waals surface area contributed by atoms with Crippen molar-refractivity contribution in [1.29, 1.82) is 0 Å². The van der Waals surface area contributed by atoms with Crippen molar-refractivity contribution in [2.45, 2.75) is 25.4 Å².